The monoisotopic (exact) mass is 2210 g/mol. The molecule has 4 saturated heterocycles. The van der Waals surface area contributed by atoms with E-state index in [-0.39, 0.29) is 149 Å². The molecule has 5 fully saturated rings. The van der Waals surface area contributed by atoms with Gasteiger partial charge in [0.15, 0.2) is 11.4 Å². The van der Waals surface area contributed by atoms with Crippen LogP contribution in [-0.2, 0) is 130 Å². The SMILES string of the molecule is CC[C@H](C)[C@@H]1NC(=O)CNC(=O)[C@H]2CC3C4CCC(OC(=O)N(C)CCN(CCOCCOCCOCCNC(=O)C5=CCC6N=C(CBr)C(CBr)=NC6C5)C(=O)OCC5=CC=C(NC(=O)[C@H](CC(N)=O)NC(=O)[C@H](C)NC(=O)[C@H](C)NC(=O)CCOCCOCCOCCOCCOC)CC5)CC4NC3[S+]([O-])C[C@H](NC(=O)CNC1=O)C(=O)N[C@@H](CC(N)=O)C(=O)N1C[C@H](O)C[C@H]1C(=O)N[C@@H]([C@@H](C)[C@@H](O)CO)C(=O)N2. The number of aliphatic imine (C=N–C) groups is 2. The van der Waals surface area contributed by atoms with Crippen molar-refractivity contribution in [3.63, 3.8) is 0 Å². The highest BCUT2D eigenvalue weighted by Crippen LogP contribution is 2.43. The topological polar surface area (TPSA) is 709 Å². The van der Waals surface area contributed by atoms with Gasteiger partial charge in [0.1, 0.15) is 66.8 Å². The van der Waals surface area contributed by atoms with Gasteiger partial charge in [0.2, 0.25) is 88.6 Å². The summed E-state index contributed by atoms with van der Waals surface area (Å²) in [7, 11) is 3.00. The molecule has 3 aliphatic carbocycles. The van der Waals surface area contributed by atoms with E-state index in [9.17, 15) is 92.0 Å². The zero-order valence-corrected chi connectivity index (χ0v) is 87.4. The molecular formula is C92H144Br2N20O31S. The zero-order chi connectivity index (χ0) is 107. The number of nitrogens with zero attached hydrogens (tertiary/aromatic N) is 5. The van der Waals surface area contributed by atoms with Crippen molar-refractivity contribution in [1.82, 2.24) is 83.8 Å². The predicted molar refractivity (Wildman–Crippen MR) is 529 cm³/mol. The number of amides is 17. The molecule has 818 valence electrons. The highest BCUT2D eigenvalue weighted by Gasteiger charge is 2.54. The number of halogens is 2. The number of aliphatic hydroxyl groups excluding tert-OH is 3. The fraction of sp³-hybridized carbons (Fsp3) is 0.728. The minimum absolute atomic E-state index is 0.00988. The zero-order valence-electron chi connectivity index (χ0n) is 83.4. The van der Waals surface area contributed by atoms with E-state index in [0.29, 0.717) is 86.4 Å². The Morgan fingerprint density at radius 2 is 1.26 bits per heavy atom. The maximum Gasteiger partial charge on any atom is 0.410 e. The first-order valence-electron chi connectivity index (χ1n) is 49.1. The molecule has 2 bridgehead atoms. The van der Waals surface area contributed by atoms with Gasteiger partial charge in [0, 0.05) is 112 Å². The fourth-order valence-electron chi connectivity index (χ4n) is 17.3. The number of carbonyl (C=O) groups excluding carboxylic acids is 17. The van der Waals surface area contributed by atoms with Crippen LogP contribution < -0.4 is 80.6 Å². The lowest BCUT2D eigenvalue weighted by Gasteiger charge is -2.36. The van der Waals surface area contributed by atoms with Crippen molar-refractivity contribution in [3.05, 3.63) is 35.1 Å². The molecule has 8 aliphatic rings. The van der Waals surface area contributed by atoms with E-state index >= 15 is 9.35 Å². The molecule has 5 aliphatic heterocycles. The van der Waals surface area contributed by atoms with Crippen molar-refractivity contribution in [2.45, 2.75) is 214 Å². The number of nitrogens with two attached hydrogens (primary N) is 2. The fourth-order valence-corrected chi connectivity index (χ4v) is 20.0. The minimum Gasteiger partial charge on any atom is -0.615 e. The number of fused-ring (bicyclic) bond motifs is 6. The lowest BCUT2D eigenvalue weighted by molar-refractivity contribution is -0.144. The molecule has 0 spiro atoms. The van der Waals surface area contributed by atoms with Crippen LogP contribution in [-0.4, -0.2) is 432 Å². The van der Waals surface area contributed by atoms with E-state index in [1.165, 1.54) is 43.7 Å². The average molecular weight is 2220 g/mol. The number of likely N-dealkylation sites (N-methyl/N-ethyl adjacent to an activating group) is 1. The van der Waals surface area contributed by atoms with E-state index in [1.54, 1.807) is 27.0 Å². The molecule has 51 nitrogen and oxygen atoms in total. The highest BCUT2D eigenvalue weighted by atomic mass is 79.9. The van der Waals surface area contributed by atoms with Crippen LogP contribution >= 0.6 is 31.9 Å². The minimum atomic E-state index is -2.39. The summed E-state index contributed by atoms with van der Waals surface area (Å²) in [5.41, 5.74) is 14.5. The number of allylic oxidation sites excluding steroid dienone is 3. The van der Waals surface area contributed by atoms with Crippen molar-refractivity contribution in [2.75, 3.05) is 189 Å². The number of rotatable bonds is 52. The van der Waals surface area contributed by atoms with Gasteiger partial charge >= 0.3 is 12.2 Å². The smallest absolute Gasteiger partial charge is 0.410 e. The Bertz CT molecular complexity index is 4600. The highest BCUT2D eigenvalue weighted by molar-refractivity contribution is 9.10. The number of hydrogen-bond donors (Lipinski definition) is 18. The third-order valence-electron chi connectivity index (χ3n) is 25.8. The van der Waals surface area contributed by atoms with Crippen LogP contribution in [0, 0.1) is 23.7 Å². The van der Waals surface area contributed by atoms with Gasteiger partial charge in [-0.05, 0) is 87.0 Å². The first-order chi connectivity index (χ1) is 69.8. The number of aliphatic hydroxyl groups is 3. The van der Waals surface area contributed by atoms with E-state index in [0.717, 1.165) is 16.3 Å². The molecule has 0 radical (unpaired) electrons. The number of hydrogen-bond acceptors (Lipinski definition) is 34. The Labute approximate surface area is 866 Å². The van der Waals surface area contributed by atoms with Gasteiger partial charge in [-0.25, -0.2) is 9.59 Å². The average Bonchev–Trinajstić information content (AvgIpc) is 1.63. The molecule has 0 aromatic carbocycles. The third-order valence-corrected chi connectivity index (χ3v) is 28.6. The van der Waals surface area contributed by atoms with Gasteiger partial charge in [-0.3, -0.25) is 87.2 Å². The number of nitrogens with one attached hydrogen (secondary N) is 13. The van der Waals surface area contributed by atoms with Crippen LogP contribution in [0.5, 0.6) is 0 Å². The Hall–Kier alpha value is -10.1. The summed E-state index contributed by atoms with van der Waals surface area (Å²) >= 11 is 4.57. The second kappa shape index (κ2) is 63.1. The molecule has 146 heavy (non-hydrogen) atoms. The second-order valence-corrected chi connectivity index (χ2v) is 39.3. The van der Waals surface area contributed by atoms with E-state index < -0.39 is 272 Å². The standard InChI is InChI=1S/C92H144Br2N20O31S/c1-8-51(2)78-87(130)99-45-76(121)105-70-50-146(135)89-61(40-65(83(126)98-46-77(122)110-78)107-88(131)79(52(3)72(117)48-115)111-86(129)71-38-58(116)47-114(71)90(132)67(42-74(96)119)108-85(70)128)60-15-14-59(39-63(60)109-89)145-91(133)112(6)19-20-113(21-24-139-29-32-142-31-28-138-23-18-97-82(125)56-11-16-62-64(37-56)104-69(44-94)68(43-93)103-62)92(134)144-49-55-9-12-57(13-10-55)102-84(127)66(41-73(95)118)106-81(124)54(5)101-80(123)53(4)100-75(120)17-22-137-27-30-141-35-36-143-34-33-140-26-25-136-7/h9,11-12,51-54,58-67,70-72,78-79,89,109,115-117H,8,10,13-50H2,1-7H3,(H2,95,118)(H2,96,119)(H,97,125)(H,98,126)(H,99,130)(H,100,120)(H,101,123)(H,102,127)(H,105,121)(H,106,124)(H,107,131)(H,108,128)(H,110,122)(H,111,129)/t51-,52-,53-,54-,58+,59?,60?,61?,62?,63?,64?,65+,66-,67-,70-,71-,72-,78-,79-,89?,146?/m0/s1. The summed E-state index contributed by atoms with van der Waals surface area (Å²) in [5, 5.41) is 66.2. The molecule has 8 rings (SSSR count). The third kappa shape index (κ3) is 39.5. The van der Waals surface area contributed by atoms with Crippen molar-refractivity contribution < 1.29 is 149 Å². The molecule has 20 N–H and O–H groups in total. The summed E-state index contributed by atoms with van der Waals surface area (Å²) in [6.45, 7) is 7.34. The Morgan fingerprint density at radius 3 is 1.88 bits per heavy atom. The van der Waals surface area contributed by atoms with Gasteiger partial charge in [0.05, 0.1) is 167 Å². The number of carbonyl (C=O) groups is 17. The quantitative estimate of drug-likeness (QED) is 0.0153. The van der Waals surface area contributed by atoms with Gasteiger partial charge in [0.25, 0.3) is 0 Å². The maximum atomic E-state index is 15.6. The Kier molecular flexibility index (Phi) is 52.3. The molecule has 0 aromatic heterocycles. The number of alkyl halides is 2. The molecule has 17 amide bonds. The Morgan fingerprint density at radius 1 is 0.644 bits per heavy atom. The number of methoxy groups -OCH3 is 1. The summed E-state index contributed by atoms with van der Waals surface area (Å²) in [5.74, 6) is -18.1. The molecule has 21 atom stereocenters. The van der Waals surface area contributed by atoms with E-state index in [4.69, 9.17) is 68.8 Å². The van der Waals surface area contributed by atoms with Crippen LogP contribution in [0.15, 0.2) is 45.1 Å². The van der Waals surface area contributed by atoms with Gasteiger partial charge in [-0.2, -0.15) is 0 Å². The van der Waals surface area contributed by atoms with Gasteiger partial charge in [-0.15, -0.1) is 0 Å². The normalized spacial score (nSPS) is 25.5. The predicted octanol–water partition coefficient (Wildman–Crippen LogP) is -6.23. The molecule has 1 saturated carbocycles. The van der Waals surface area contributed by atoms with Crippen LogP contribution in [0.4, 0.5) is 9.59 Å². The molecule has 8 unspecified atom stereocenters. The van der Waals surface area contributed by atoms with E-state index in [2.05, 4.69) is 101 Å². The summed E-state index contributed by atoms with van der Waals surface area (Å²) < 4.78 is 71.6. The van der Waals surface area contributed by atoms with Crippen LogP contribution in [0.25, 0.3) is 0 Å². The molecule has 0 aromatic rings. The largest absolute Gasteiger partial charge is 0.615 e. The lowest BCUT2D eigenvalue weighted by Crippen LogP contribution is -2.62. The summed E-state index contributed by atoms with van der Waals surface area (Å²) in [4.78, 5) is 249. The number of ether oxygens (including phenoxy) is 10. The molecular weight excluding hydrogens is 2070 g/mol. The summed E-state index contributed by atoms with van der Waals surface area (Å²) in [6.07, 6.45) is -1.32. The maximum absolute atomic E-state index is 15.6. The van der Waals surface area contributed by atoms with Gasteiger partial charge < -0.3 is 157 Å². The van der Waals surface area contributed by atoms with Gasteiger partial charge in [-0.1, -0.05) is 71.2 Å². The first kappa shape index (κ1) is 121. The van der Waals surface area contributed by atoms with Crippen molar-refractivity contribution >= 4 is 155 Å². The molecule has 5 heterocycles. The van der Waals surface area contributed by atoms with E-state index in [1.807, 2.05) is 6.08 Å². The van der Waals surface area contributed by atoms with Crippen molar-refractivity contribution in [1.29, 1.82) is 0 Å². The van der Waals surface area contributed by atoms with Crippen LogP contribution in [0.2, 0.25) is 0 Å². The summed E-state index contributed by atoms with van der Waals surface area (Å²) in [6, 6.07) is -15.2. The Balaban J connectivity index is 0.924. The first-order valence-corrected chi connectivity index (χ1v) is 52.7. The molecule has 54 heteroatoms. The van der Waals surface area contributed by atoms with Crippen molar-refractivity contribution in [3.8, 4) is 0 Å². The second-order valence-electron chi connectivity index (χ2n) is 36.6. The number of primary amides is 2. The van der Waals surface area contributed by atoms with Crippen molar-refractivity contribution in [2.24, 2.45) is 45.1 Å². The van der Waals surface area contributed by atoms with Crippen LogP contribution in [0.1, 0.15) is 118 Å². The van der Waals surface area contributed by atoms with Crippen LogP contribution in [0.3, 0.4) is 0 Å². The lowest BCUT2D eigenvalue weighted by atomic mass is 9.76.